The summed E-state index contributed by atoms with van der Waals surface area (Å²) in [5, 5.41) is 15.6. The number of fused-ring (bicyclic) bond motifs is 1. The number of halogens is 1. The van der Waals surface area contributed by atoms with Gasteiger partial charge in [0, 0.05) is 19.7 Å². The predicted octanol–water partition coefficient (Wildman–Crippen LogP) is 3.43. The lowest BCUT2D eigenvalue weighted by atomic mass is 9.65. The van der Waals surface area contributed by atoms with E-state index in [0.29, 0.717) is 55.9 Å². The highest BCUT2D eigenvalue weighted by atomic mass is 35.5. The average molecular weight is 520 g/mol. The second-order valence-electron chi connectivity index (χ2n) is 10.4. The van der Waals surface area contributed by atoms with Gasteiger partial charge in [-0.1, -0.05) is 37.6 Å². The fourth-order valence-electron chi connectivity index (χ4n) is 6.57. The third kappa shape index (κ3) is 4.31. The van der Waals surface area contributed by atoms with Crippen molar-refractivity contribution in [1.82, 2.24) is 10.2 Å². The van der Waals surface area contributed by atoms with Gasteiger partial charge in [-0.2, -0.15) is 0 Å². The number of benzene rings is 1. The number of unbranched alkanes of at least 4 members (excludes halogenated alkanes) is 2. The summed E-state index contributed by atoms with van der Waals surface area (Å²) in [6.45, 7) is 6.82. The second-order valence-corrected chi connectivity index (χ2v) is 10.8. The number of hydrogen-bond acceptors (Lipinski definition) is 5. The standard InChI is InChI=1S/C27H38ClN3O5/c1-4-14-29-23(33)19-20-25(35)31(15-7-6-8-16-32)22(27(20)13-12-26(19,5-2)36-27)24(34)30-21-17(3)10-9-11-18(21)28/h9-11,19-20,22,32H,4-8,12-16H2,1-3H3,(H,29,33)(H,30,34)/t19-,20-,22?,26+,27?/m0/s1. The number of likely N-dealkylation sites (tertiary alicyclic amines) is 1. The van der Waals surface area contributed by atoms with E-state index in [0.717, 1.165) is 18.4 Å². The Hall–Kier alpha value is -2.16. The summed E-state index contributed by atoms with van der Waals surface area (Å²) in [7, 11) is 0. The van der Waals surface area contributed by atoms with Crippen LogP contribution in [0.2, 0.25) is 5.02 Å². The zero-order valence-corrected chi connectivity index (χ0v) is 22.2. The molecule has 5 atom stereocenters. The van der Waals surface area contributed by atoms with Gasteiger partial charge in [0.1, 0.15) is 11.6 Å². The maximum Gasteiger partial charge on any atom is 0.250 e. The number of nitrogens with one attached hydrogen (secondary N) is 2. The largest absolute Gasteiger partial charge is 0.396 e. The van der Waals surface area contributed by atoms with E-state index in [1.165, 1.54) is 0 Å². The maximum atomic E-state index is 14.0. The van der Waals surface area contributed by atoms with Crippen LogP contribution in [0.4, 0.5) is 5.69 Å². The number of amides is 3. The molecule has 36 heavy (non-hydrogen) atoms. The monoisotopic (exact) mass is 519 g/mol. The molecular weight excluding hydrogens is 482 g/mol. The van der Waals surface area contributed by atoms with Crippen molar-refractivity contribution in [2.45, 2.75) is 83.0 Å². The fourth-order valence-corrected chi connectivity index (χ4v) is 6.84. The molecule has 1 spiro atoms. The first-order chi connectivity index (χ1) is 17.3. The maximum absolute atomic E-state index is 14.0. The number of hydrogen-bond donors (Lipinski definition) is 3. The van der Waals surface area contributed by atoms with Crippen molar-refractivity contribution in [3.8, 4) is 0 Å². The summed E-state index contributed by atoms with van der Waals surface area (Å²) >= 11 is 6.41. The lowest BCUT2D eigenvalue weighted by molar-refractivity contribution is -0.146. The third-order valence-corrected chi connectivity index (χ3v) is 8.60. The van der Waals surface area contributed by atoms with E-state index in [9.17, 15) is 19.5 Å². The van der Waals surface area contributed by atoms with Crippen molar-refractivity contribution >= 4 is 35.0 Å². The summed E-state index contributed by atoms with van der Waals surface area (Å²) in [4.78, 5) is 43.0. The van der Waals surface area contributed by atoms with Crippen molar-refractivity contribution < 1.29 is 24.2 Å². The zero-order valence-electron chi connectivity index (χ0n) is 21.4. The molecule has 0 aromatic heterocycles. The van der Waals surface area contributed by atoms with Crippen LogP contribution in [-0.2, 0) is 19.1 Å². The Kier molecular flexibility index (Phi) is 7.98. The fraction of sp³-hybridized carbons (Fsp3) is 0.667. The highest BCUT2D eigenvalue weighted by Gasteiger charge is 2.78. The van der Waals surface area contributed by atoms with Gasteiger partial charge in [-0.15, -0.1) is 0 Å². The quantitative estimate of drug-likeness (QED) is 0.388. The van der Waals surface area contributed by atoms with Crippen molar-refractivity contribution in [3.05, 3.63) is 28.8 Å². The van der Waals surface area contributed by atoms with Crippen LogP contribution in [0.3, 0.4) is 0 Å². The number of carbonyl (C=O) groups is 3. The van der Waals surface area contributed by atoms with Gasteiger partial charge in [0.25, 0.3) is 0 Å². The molecule has 3 aliphatic heterocycles. The molecule has 0 aliphatic carbocycles. The van der Waals surface area contributed by atoms with E-state index in [4.69, 9.17) is 16.3 Å². The summed E-state index contributed by atoms with van der Waals surface area (Å²) in [6.07, 6.45) is 4.57. The third-order valence-electron chi connectivity index (χ3n) is 8.29. The smallest absolute Gasteiger partial charge is 0.250 e. The normalized spacial score (nSPS) is 30.5. The van der Waals surface area contributed by atoms with E-state index >= 15 is 0 Å². The Morgan fingerprint density at radius 1 is 1.19 bits per heavy atom. The van der Waals surface area contributed by atoms with Crippen LogP contribution >= 0.6 is 11.6 Å². The number of para-hydroxylation sites is 1. The van der Waals surface area contributed by atoms with Crippen LogP contribution in [0.25, 0.3) is 0 Å². The second kappa shape index (κ2) is 10.7. The van der Waals surface area contributed by atoms with Crippen LogP contribution in [0.15, 0.2) is 18.2 Å². The van der Waals surface area contributed by atoms with Crippen LogP contribution in [-0.4, -0.2) is 64.7 Å². The first-order valence-electron chi connectivity index (χ1n) is 13.2. The lowest BCUT2D eigenvalue weighted by Crippen LogP contribution is -2.53. The first-order valence-corrected chi connectivity index (χ1v) is 13.6. The van der Waals surface area contributed by atoms with Crippen LogP contribution in [0, 0.1) is 18.8 Å². The molecule has 3 heterocycles. The number of carbonyl (C=O) groups excluding carboxylic acids is 3. The molecule has 3 aliphatic rings. The number of aliphatic hydroxyl groups excluding tert-OH is 1. The number of aliphatic hydroxyl groups is 1. The van der Waals surface area contributed by atoms with Crippen LogP contribution in [0.5, 0.6) is 0 Å². The molecule has 3 N–H and O–H groups in total. The molecule has 9 heteroatoms. The number of anilines is 1. The number of nitrogens with zero attached hydrogens (tertiary/aromatic N) is 1. The molecule has 2 bridgehead atoms. The number of rotatable bonds is 11. The topological polar surface area (TPSA) is 108 Å². The molecule has 198 valence electrons. The molecule has 3 amide bonds. The highest BCUT2D eigenvalue weighted by molar-refractivity contribution is 6.34. The summed E-state index contributed by atoms with van der Waals surface area (Å²) in [5.41, 5.74) is -0.466. The highest BCUT2D eigenvalue weighted by Crippen LogP contribution is 2.64. The van der Waals surface area contributed by atoms with Gasteiger partial charge in [-0.3, -0.25) is 14.4 Å². The van der Waals surface area contributed by atoms with E-state index in [1.54, 1.807) is 11.0 Å². The SMILES string of the molecule is CCCNC(=O)[C@@H]1[C@H]2C(=O)N(CCCCCO)C(C(=O)Nc3c(C)cccc3Cl)C23CC[C@@]1(CC)O3. The zero-order chi connectivity index (χ0) is 26.1. The molecular formula is C27H38ClN3O5. The molecule has 0 radical (unpaired) electrons. The molecule has 3 saturated heterocycles. The Labute approximate surface area is 218 Å². The minimum Gasteiger partial charge on any atom is -0.396 e. The van der Waals surface area contributed by atoms with Gasteiger partial charge in [0.05, 0.1) is 28.1 Å². The molecule has 8 nitrogen and oxygen atoms in total. The van der Waals surface area contributed by atoms with E-state index in [-0.39, 0.29) is 24.3 Å². The molecule has 1 aromatic rings. The Morgan fingerprint density at radius 3 is 2.64 bits per heavy atom. The molecule has 0 saturated carbocycles. The van der Waals surface area contributed by atoms with E-state index < -0.39 is 29.1 Å². The van der Waals surface area contributed by atoms with E-state index in [1.807, 2.05) is 32.9 Å². The Morgan fingerprint density at radius 2 is 1.97 bits per heavy atom. The Bertz CT molecular complexity index is 999. The van der Waals surface area contributed by atoms with Gasteiger partial charge < -0.3 is 25.4 Å². The summed E-state index contributed by atoms with van der Waals surface area (Å²) < 4.78 is 6.74. The molecule has 3 fully saturated rings. The average Bonchev–Trinajstić information content (AvgIpc) is 3.46. The van der Waals surface area contributed by atoms with E-state index in [2.05, 4.69) is 10.6 Å². The van der Waals surface area contributed by atoms with Crippen LogP contribution < -0.4 is 10.6 Å². The predicted molar refractivity (Wildman–Crippen MR) is 138 cm³/mol. The van der Waals surface area contributed by atoms with Crippen molar-refractivity contribution in [2.24, 2.45) is 11.8 Å². The van der Waals surface area contributed by atoms with Gasteiger partial charge in [0.15, 0.2) is 0 Å². The Balaban J connectivity index is 1.71. The molecule has 2 unspecified atom stereocenters. The van der Waals surface area contributed by atoms with Crippen LogP contribution in [0.1, 0.15) is 64.4 Å². The summed E-state index contributed by atoms with van der Waals surface area (Å²) in [5.74, 6) is -2.03. The first kappa shape index (κ1) is 26.9. The van der Waals surface area contributed by atoms with Gasteiger partial charge in [0.2, 0.25) is 17.7 Å². The number of ether oxygens (including phenoxy) is 1. The lowest BCUT2D eigenvalue weighted by Gasteiger charge is -2.34. The summed E-state index contributed by atoms with van der Waals surface area (Å²) in [6, 6.07) is 4.54. The molecule has 1 aromatic carbocycles. The minimum atomic E-state index is -1.06. The minimum absolute atomic E-state index is 0.0814. The van der Waals surface area contributed by atoms with Gasteiger partial charge in [-0.05, 0) is 63.5 Å². The van der Waals surface area contributed by atoms with Crippen molar-refractivity contribution in [2.75, 3.05) is 25.0 Å². The van der Waals surface area contributed by atoms with Crippen molar-refractivity contribution in [3.63, 3.8) is 0 Å². The van der Waals surface area contributed by atoms with Crippen molar-refractivity contribution in [1.29, 1.82) is 0 Å². The number of aryl methyl sites for hydroxylation is 1. The van der Waals surface area contributed by atoms with Gasteiger partial charge in [-0.25, -0.2) is 0 Å². The van der Waals surface area contributed by atoms with Gasteiger partial charge >= 0.3 is 0 Å². The molecule has 4 rings (SSSR count).